The highest BCUT2D eigenvalue weighted by Gasteiger charge is 2.10. The molecule has 0 aliphatic carbocycles. The maximum Gasteiger partial charge on any atom is 0.418 e. The largest absolute Gasteiger partial charge is 0.452 e. The van der Waals surface area contributed by atoms with Crippen LogP contribution >= 0.6 is 23.2 Å². The molecule has 0 unspecified atom stereocenters. The summed E-state index contributed by atoms with van der Waals surface area (Å²) in [7, 11) is 1.32. The molecule has 5 nitrogen and oxygen atoms in total. The van der Waals surface area contributed by atoms with Gasteiger partial charge in [0.2, 0.25) is 0 Å². The quantitative estimate of drug-likeness (QED) is 0.905. The average Bonchev–Trinajstić information content (AvgIpc) is 2.96. The maximum absolute atomic E-state index is 11.3. The second-order valence-electron chi connectivity index (χ2n) is 4.99. The zero-order chi connectivity index (χ0) is 16.1. The molecule has 2 N–H and O–H groups in total. The first-order chi connectivity index (χ1) is 10.5. The van der Waals surface area contributed by atoms with Crippen molar-refractivity contribution in [2.75, 3.05) is 7.11 Å². The van der Waals surface area contributed by atoms with Crippen LogP contribution in [0.1, 0.15) is 17.7 Å². The van der Waals surface area contributed by atoms with Crippen molar-refractivity contribution < 1.29 is 9.53 Å². The van der Waals surface area contributed by atoms with E-state index in [-0.39, 0.29) is 6.04 Å². The van der Waals surface area contributed by atoms with Crippen molar-refractivity contribution in [3.8, 4) is 0 Å². The van der Waals surface area contributed by atoms with Crippen LogP contribution in [-0.4, -0.2) is 28.8 Å². The van der Waals surface area contributed by atoms with E-state index in [1.165, 1.54) is 18.0 Å². The Hall–Kier alpha value is -1.56. The standard InChI is InChI=1S/C15H17Cl2N3O2/c1-22-15(21)20-8-12(19-9-20)7-11(18)4-2-10-3-5-13(16)14(17)6-10/h3,5-6,8-9,11H,2,4,7,18H2,1H3/t11-/m1/s1. The van der Waals surface area contributed by atoms with Gasteiger partial charge in [-0.25, -0.2) is 14.3 Å². The van der Waals surface area contributed by atoms with E-state index in [1.807, 2.05) is 12.1 Å². The highest BCUT2D eigenvalue weighted by Crippen LogP contribution is 2.23. The van der Waals surface area contributed by atoms with Crippen molar-refractivity contribution in [2.24, 2.45) is 5.73 Å². The molecule has 0 fully saturated rings. The van der Waals surface area contributed by atoms with Gasteiger partial charge in [0.1, 0.15) is 6.33 Å². The molecule has 7 heteroatoms. The van der Waals surface area contributed by atoms with Crippen LogP contribution < -0.4 is 5.73 Å². The van der Waals surface area contributed by atoms with Crippen molar-refractivity contribution in [3.63, 3.8) is 0 Å². The molecule has 0 saturated heterocycles. The molecule has 118 valence electrons. The summed E-state index contributed by atoms with van der Waals surface area (Å²) in [5.41, 5.74) is 7.96. The van der Waals surface area contributed by atoms with E-state index in [2.05, 4.69) is 9.72 Å². The summed E-state index contributed by atoms with van der Waals surface area (Å²) < 4.78 is 5.90. The first kappa shape index (κ1) is 16.8. The number of halogens is 2. The van der Waals surface area contributed by atoms with E-state index in [0.29, 0.717) is 16.5 Å². The van der Waals surface area contributed by atoms with Crippen LogP contribution in [0.15, 0.2) is 30.7 Å². The third-order valence-corrected chi connectivity index (χ3v) is 4.02. The number of imidazole rings is 1. The predicted octanol–water partition coefficient (Wildman–Crippen LogP) is 3.31. The number of hydrogen-bond acceptors (Lipinski definition) is 4. The number of carbonyl (C=O) groups is 1. The highest BCUT2D eigenvalue weighted by atomic mass is 35.5. The summed E-state index contributed by atoms with van der Waals surface area (Å²) in [6.45, 7) is 0. The zero-order valence-electron chi connectivity index (χ0n) is 12.1. The maximum atomic E-state index is 11.3. The SMILES string of the molecule is COC(=O)n1cnc(C[C@H](N)CCc2ccc(Cl)c(Cl)c2)c1. The third-order valence-electron chi connectivity index (χ3n) is 3.28. The molecule has 22 heavy (non-hydrogen) atoms. The minimum atomic E-state index is -0.469. The summed E-state index contributed by atoms with van der Waals surface area (Å²) >= 11 is 11.9. The fraction of sp³-hybridized carbons (Fsp3) is 0.333. The lowest BCUT2D eigenvalue weighted by molar-refractivity contribution is 0.172. The van der Waals surface area contributed by atoms with E-state index >= 15 is 0 Å². The molecule has 0 radical (unpaired) electrons. The number of aryl methyl sites for hydroxylation is 1. The van der Waals surface area contributed by atoms with Crippen molar-refractivity contribution in [2.45, 2.75) is 25.3 Å². The normalized spacial score (nSPS) is 12.2. The van der Waals surface area contributed by atoms with Gasteiger partial charge in [0.25, 0.3) is 0 Å². The van der Waals surface area contributed by atoms with Gasteiger partial charge >= 0.3 is 6.09 Å². The molecule has 0 saturated carbocycles. The van der Waals surface area contributed by atoms with E-state index in [9.17, 15) is 4.79 Å². The Morgan fingerprint density at radius 3 is 2.86 bits per heavy atom. The molecule has 1 aromatic carbocycles. The van der Waals surface area contributed by atoms with Gasteiger partial charge in [-0.05, 0) is 30.5 Å². The number of nitrogens with two attached hydrogens (primary N) is 1. The topological polar surface area (TPSA) is 70.1 Å². The minimum Gasteiger partial charge on any atom is -0.452 e. The van der Waals surface area contributed by atoms with Crippen LogP contribution in [0.25, 0.3) is 0 Å². The van der Waals surface area contributed by atoms with Crippen LogP contribution in [0.2, 0.25) is 10.0 Å². The summed E-state index contributed by atoms with van der Waals surface area (Å²) in [4.78, 5) is 15.5. The van der Waals surface area contributed by atoms with Crippen LogP contribution in [-0.2, 0) is 17.6 Å². The van der Waals surface area contributed by atoms with Gasteiger partial charge in [-0.2, -0.15) is 0 Å². The lowest BCUT2D eigenvalue weighted by Gasteiger charge is -2.10. The van der Waals surface area contributed by atoms with Crippen LogP contribution in [0.5, 0.6) is 0 Å². The molecule has 0 aliphatic heterocycles. The number of nitrogens with zero attached hydrogens (tertiary/aromatic N) is 2. The van der Waals surface area contributed by atoms with Gasteiger partial charge < -0.3 is 10.5 Å². The molecule has 2 rings (SSSR count). The van der Waals surface area contributed by atoms with Crippen LogP contribution in [0, 0.1) is 0 Å². The Morgan fingerprint density at radius 1 is 1.41 bits per heavy atom. The lowest BCUT2D eigenvalue weighted by atomic mass is 10.0. The monoisotopic (exact) mass is 341 g/mol. The second kappa shape index (κ2) is 7.63. The number of hydrogen-bond donors (Lipinski definition) is 1. The van der Waals surface area contributed by atoms with Crippen LogP contribution in [0.4, 0.5) is 4.79 Å². The first-order valence-electron chi connectivity index (χ1n) is 6.80. The number of methoxy groups -OCH3 is 1. The second-order valence-corrected chi connectivity index (χ2v) is 5.81. The van der Waals surface area contributed by atoms with Gasteiger partial charge in [-0.15, -0.1) is 0 Å². The van der Waals surface area contributed by atoms with E-state index in [0.717, 1.165) is 24.1 Å². The Morgan fingerprint density at radius 2 is 2.18 bits per heavy atom. The molecule has 1 atom stereocenters. The predicted molar refractivity (Wildman–Crippen MR) is 86.5 cm³/mol. The van der Waals surface area contributed by atoms with Gasteiger partial charge in [0, 0.05) is 18.7 Å². The molecular weight excluding hydrogens is 325 g/mol. The molecular formula is C15H17Cl2N3O2. The smallest absolute Gasteiger partial charge is 0.418 e. The number of rotatable bonds is 5. The Balaban J connectivity index is 1.87. The van der Waals surface area contributed by atoms with Crippen LogP contribution in [0.3, 0.4) is 0 Å². The number of ether oxygens (including phenoxy) is 1. The van der Waals surface area contributed by atoms with E-state index in [1.54, 1.807) is 12.3 Å². The van der Waals surface area contributed by atoms with E-state index in [4.69, 9.17) is 28.9 Å². The molecule has 0 bridgehead atoms. The van der Waals surface area contributed by atoms with Gasteiger partial charge in [0.05, 0.1) is 22.8 Å². The molecule has 0 amide bonds. The molecule has 0 spiro atoms. The van der Waals surface area contributed by atoms with Gasteiger partial charge in [-0.3, -0.25) is 0 Å². The van der Waals surface area contributed by atoms with E-state index < -0.39 is 6.09 Å². The van der Waals surface area contributed by atoms with Gasteiger partial charge in [-0.1, -0.05) is 29.3 Å². The number of aromatic nitrogens is 2. The van der Waals surface area contributed by atoms with Crippen molar-refractivity contribution in [3.05, 3.63) is 52.0 Å². The highest BCUT2D eigenvalue weighted by molar-refractivity contribution is 6.42. The third kappa shape index (κ3) is 4.47. The Kier molecular flexibility index (Phi) is 5.83. The van der Waals surface area contributed by atoms with Crippen molar-refractivity contribution >= 4 is 29.3 Å². The Labute approximate surface area is 139 Å². The zero-order valence-corrected chi connectivity index (χ0v) is 13.6. The summed E-state index contributed by atoms with van der Waals surface area (Å²) in [5.74, 6) is 0. The Bertz CT molecular complexity index is 658. The summed E-state index contributed by atoms with van der Waals surface area (Å²) in [5, 5.41) is 1.09. The lowest BCUT2D eigenvalue weighted by Crippen LogP contribution is -2.23. The molecule has 1 aromatic heterocycles. The molecule has 0 aliphatic rings. The first-order valence-corrected chi connectivity index (χ1v) is 7.56. The minimum absolute atomic E-state index is 0.0598. The fourth-order valence-electron chi connectivity index (χ4n) is 2.09. The average molecular weight is 342 g/mol. The molecule has 2 aromatic rings. The molecule has 1 heterocycles. The summed E-state index contributed by atoms with van der Waals surface area (Å²) in [6.07, 6.45) is 4.75. The fourth-order valence-corrected chi connectivity index (χ4v) is 2.41. The van der Waals surface area contributed by atoms with Crippen molar-refractivity contribution in [1.82, 2.24) is 9.55 Å². The number of carbonyl (C=O) groups excluding carboxylic acids is 1. The number of benzene rings is 1. The van der Waals surface area contributed by atoms with Gasteiger partial charge in [0.15, 0.2) is 0 Å². The summed E-state index contributed by atoms with van der Waals surface area (Å²) in [6, 6.07) is 5.51. The van der Waals surface area contributed by atoms with Crippen molar-refractivity contribution in [1.29, 1.82) is 0 Å².